The molecule has 18 heavy (non-hydrogen) atoms. The Balaban J connectivity index is 2.37. The first kappa shape index (κ1) is 12.7. The average Bonchev–Trinajstić information content (AvgIpc) is 2.33. The van der Waals surface area contributed by atoms with Gasteiger partial charge in [-0.25, -0.2) is 4.39 Å². The van der Waals surface area contributed by atoms with Crippen molar-refractivity contribution in [3.63, 3.8) is 0 Å². The fourth-order valence-corrected chi connectivity index (χ4v) is 1.84. The van der Waals surface area contributed by atoms with E-state index in [1.165, 1.54) is 18.2 Å². The summed E-state index contributed by atoms with van der Waals surface area (Å²) in [5.74, 6) is -0.397. The van der Waals surface area contributed by atoms with Crippen LogP contribution < -0.4 is 11.1 Å². The summed E-state index contributed by atoms with van der Waals surface area (Å²) in [5.41, 5.74) is 7.44. The van der Waals surface area contributed by atoms with E-state index in [-0.39, 0.29) is 10.0 Å². The number of halogens is 2. The molecule has 3 nitrogen and oxygen atoms in total. The van der Waals surface area contributed by atoms with E-state index >= 15 is 0 Å². The van der Waals surface area contributed by atoms with Gasteiger partial charge in [0.25, 0.3) is 0 Å². The second kappa shape index (κ2) is 5.29. The fourth-order valence-electron chi connectivity index (χ4n) is 1.44. The van der Waals surface area contributed by atoms with Crippen molar-refractivity contribution in [2.45, 2.75) is 0 Å². The third kappa shape index (κ3) is 2.75. The molecular weight excluding hydrogens is 273 g/mol. The summed E-state index contributed by atoms with van der Waals surface area (Å²) >= 11 is 10.9. The van der Waals surface area contributed by atoms with Crippen LogP contribution in [0, 0.1) is 5.82 Å². The van der Waals surface area contributed by atoms with Crippen LogP contribution in [0.4, 0.5) is 15.8 Å². The Morgan fingerprint density at radius 2 is 2.11 bits per heavy atom. The molecule has 0 fully saturated rings. The predicted molar refractivity (Wildman–Crippen MR) is 74.8 cm³/mol. The summed E-state index contributed by atoms with van der Waals surface area (Å²) in [7, 11) is 0. The minimum atomic E-state index is -0.397. The van der Waals surface area contributed by atoms with Gasteiger partial charge in [-0.05, 0) is 24.3 Å². The largest absolute Gasteiger partial charge is 0.389 e. The first-order chi connectivity index (χ1) is 8.58. The zero-order chi connectivity index (χ0) is 13.1. The predicted octanol–water partition coefficient (Wildman–Crippen LogP) is 3.25. The van der Waals surface area contributed by atoms with Crippen molar-refractivity contribution in [3.05, 3.63) is 53.1 Å². The molecule has 1 aromatic heterocycles. The molecule has 0 unspecified atom stereocenters. The van der Waals surface area contributed by atoms with E-state index in [4.69, 9.17) is 29.6 Å². The molecule has 0 saturated heterocycles. The lowest BCUT2D eigenvalue weighted by molar-refractivity contribution is 0.628. The standard InChI is InChI=1S/C12H9ClFN3S/c13-9-5-7(14)1-2-10(9)17-11-6-16-4-3-8(11)12(15)18/h1-6,17H,(H2,15,18). The molecule has 0 aliphatic heterocycles. The van der Waals surface area contributed by atoms with Crippen LogP contribution in [-0.4, -0.2) is 9.97 Å². The monoisotopic (exact) mass is 281 g/mol. The zero-order valence-corrected chi connectivity index (χ0v) is 10.7. The molecule has 2 rings (SSSR count). The van der Waals surface area contributed by atoms with Crippen LogP contribution in [0.15, 0.2) is 36.7 Å². The molecule has 2 aromatic rings. The number of aromatic nitrogens is 1. The van der Waals surface area contributed by atoms with Crippen molar-refractivity contribution >= 4 is 40.2 Å². The highest BCUT2D eigenvalue weighted by atomic mass is 35.5. The average molecular weight is 282 g/mol. The Morgan fingerprint density at radius 1 is 1.33 bits per heavy atom. The maximum Gasteiger partial charge on any atom is 0.124 e. The fraction of sp³-hybridized carbons (Fsp3) is 0. The topological polar surface area (TPSA) is 50.9 Å². The van der Waals surface area contributed by atoms with Crippen LogP contribution in [-0.2, 0) is 0 Å². The number of nitrogens with two attached hydrogens (primary N) is 1. The Hall–Kier alpha value is -1.72. The normalized spacial score (nSPS) is 10.1. The van der Waals surface area contributed by atoms with Gasteiger partial charge >= 0.3 is 0 Å². The molecule has 0 saturated carbocycles. The molecule has 92 valence electrons. The van der Waals surface area contributed by atoms with Crippen molar-refractivity contribution in [1.29, 1.82) is 0 Å². The van der Waals surface area contributed by atoms with Gasteiger partial charge in [0.2, 0.25) is 0 Å². The Morgan fingerprint density at radius 3 is 2.78 bits per heavy atom. The quantitative estimate of drug-likeness (QED) is 0.848. The molecular formula is C12H9ClFN3S. The van der Waals surface area contributed by atoms with E-state index in [2.05, 4.69) is 10.3 Å². The molecule has 0 radical (unpaired) electrons. The Bertz CT molecular complexity index is 604. The van der Waals surface area contributed by atoms with Gasteiger partial charge in [0.1, 0.15) is 10.8 Å². The molecule has 0 aliphatic rings. The van der Waals surface area contributed by atoms with Crippen LogP contribution in [0.25, 0.3) is 0 Å². The maximum atomic E-state index is 12.9. The van der Waals surface area contributed by atoms with Crippen molar-refractivity contribution in [3.8, 4) is 0 Å². The first-order valence-electron chi connectivity index (χ1n) is 5.04. The van der Waals surface area contributed by atoms with Gasteiger partial charge in [0.05, 0.1) is 22.6 Å². The lowest BCUT2D eigenvalue weighted by Crippen LogP contribution is -2.12. The summed E-state index contributed by atoms with van der Waals surface area (Å²) in [6, 6.07) is 5.77. The second-order valence-corrected chi connectivity index (χ2v) is 4.38. The third-order valence-corrected chi connectivity index (χ3v) is 2.82. The summed E-state index contributed by atoms with van der Waals surface area (Å²) in [4.78, 5) is 4.22. The van der Waals surface area contributed by atoms with Crippen LogP contribution in [0.2, 0.25) is 5.02 Å². The number of anilines is 2. The summed E-state index contributed by atoms with van der Waals surface area (Å²) in [6.07, 6.45) is 3.17. The molecule has 6 heteroatoms. The van der Waals surface area contributed by atoms with Crippen molar-refractivity contribution in [2.75, 3.05) is 5.32 Å². The number of nitrogens with zero attached hydrogens (tertiary/aromatic N) is 1. The molecule has 0 atom stereocenters. The summed E-state index contributed by atoms with van der Waals surface area (Å²) in [6.45, 7) is 0. The van der Waals surface area contributed by atoms with Gasteiger partial charge in [0.15, 0.2) is 0 Å². The minimum absolute atomic E-state index is 0.248. The molecule has 0 spiro atoms. The van der Waals surface area contributed by atoms with Crippen LogP contribution in [0.3, 0.4) is 0 Å². The van der Waals surface area contributed by atoms with Crippen molar-refractivity contribution in [1.82, 2.24) is 4.98 Å². The van der Waals surface area contributed by atoms with Gasteiger partial charge in [-0.1, -0.05) is 23.8 Å². The highest BCUT2D eigenvalue weighted by Gasteiger charge is 2.07. The highest BCUT2D eigenvalue weighted by molar-refractivity contribution is 7.80. The van der Waals surface area contributed by atoms with Gasteiger partial charge in [-0.2, -0.15) is 0 Å². The number of rotatable bonds is 3. The zero-order valence-electron chi connectivity index (χ0n) is 9.15. The van der Waals surface area contributed by atoms with Crippen LogP contribution in [0.5, 0.6) is 0 Å². The van der Waals surface area contributed by atoms with Gasteiger partial charge < -0.3 is 11.1 Å². The number of thiocarbonyl (C=S) groups is 1. The van der Waals surface area contributed by atoms with E-state index in [9.17, 15) is 4.39 Å². The van der Waals surface area contributed by atoms with Gasteiger partial charge in [-0.15, -0.1) is 0 Å². The van der Waals surface area contributed by atoms with Crippen LogP contribution in [0.1, 0.15) is 5.56 Å². The van der Waals surface area contributed by atoms with E-state index in [0.29, 0.717) is 16.9 Å². The molecule has 0 aliphatic carbocycles. The molecule has 0 bridgehead atoms. The van der Waals surface area contributed by atoms with E-state index in [1.807, 2.05) is 0 Å². The lowest BCUT2D eigenvalue weighted by atomic mass is 10.2. The Kier molecular flexibility index (Phi) is 3.74. The molecule has 0 amide bonds. The number of nitrogens with one attached hydrogen (secondary N) is 1. The number of benzene rings is 1. The Labute approximate surface area is 114 Å². The van der Waals surface area contributed by atoms with E-state index < -0.39 is 5.82 Å². The number of pyridine rings is 1. The number of hydrogen-bond acceptors (Lipinski definition) is 3. The smallest absolute Gasteiger partial charge is 0.124 e. The highest BCUT2D eigenvalue weighted by Crippen LogP contribution is 2.27. The van der Waals surface area contributed by atoms with Crippen LogP contribution >= 0.6 is 23.8 Å². The van der Waals surface area contributed by atoms with Crippen molar-refractivity contribution in [2.24, 2.45) is 5.73 Å². The minimum Gasteiger partial charge on any atom is -0.389 e. The molecule has 3 N–H and O–H groups in total. The van der Waals surface area contributed by atoms with Gasteiger partial charge in [0, 0.05) is 11.8 Å². The maximum absolute atomic E-state index is 12.9. The van der Waals surface area contributed by atoms with Crippen molar-refractivity contribution < 1.29 is 4.39 Å². The summed E-state index contributed by atoms with van der Waals surface area (Å²) in [5, 5.41) is 3.29. The lowest BCUT2D eigenvalue weighted by Gasteiger charge is -2.11. The molecule has 1 aromatic carbocycles. The number of hydrogen-bond donors (Lipinski definition) is 2. The third-order valence-electron chi connectivity index (χ3n) is 2.29. The molecule has 1 heterocycles. The van der Waals surface area contributed by atoms with E-state index in [0.717, 1.165) is 0 Å². The SMILES string of the molecule is NC(=S)c1ccncc1Nc1ccc(F)cc1Cl. The first-order valence-corrected chi connectivity index (χ1v) is 5.82. The second-order valence-electron chi connectivity index (χ2n) is 3.53. The summed E-state index contributed by atoms with van der Waals surface area (Å²) < 4.78 is 12.9. The van der Waals surface area contributed by atoms with Gasteiger partial charge in [-0.3, -0.25) is 4.98 Å². The van der Waals surface area contributed by atoms with E-state index in [1.54, 1.807) is 18.5 Å².